The van der Waals surface area contributed by atoms with E-state index in [4.69, 9.17) is 4.74 Å². The van der Waals surface area contributed by atoms with Crippen LogP contribution in [0.4, 0.5) is 0 Å². The Morgan fingerprint density at radius 1 is 1.67 bits per heavy atom. The summed E-state index contributed by atoms with van der Waals surface area (Å²) in [6, 6.07) is 0. The van der Waals surface area contributed by atoms with Crippen LogP contribution in [0.2, 0.25) is 0 Å². The Morgan fingerprint density at radius 3 is 2.33 bits per heavy atom. The standard InChI is InChI=1S/C4H6BrO/c5-1-4-2-6-3-4/h1-3H2. The maximum absolute atomic E-state index is 4.86. The number of hydrogen-bond acceptors (Lipinski definition) is 1. The minimum atomic E-state index is 0.880. The predicted octanol–water partition coefficient (Wildman–Crippen LogP) is 0.986. The van der Waals surface area contributed by atoms with Crippen LogP contribution in [0.15, 0.2) is 0 Å². The molecule has 0 amide bonds. The van der Waals surface area contributed by atoms with Crippen LogP contribution in [-0.4, -0.2) is 18.5 Å². The highest BCUT2D eigenvalue weighted by atomic mass is 79.9. The van der Waals surface area contributed by atoms with Crippen molar-refractivity contribution >= 4 is 15.9 Å². The Labute approximate surface area is 45.8 Å². The highest BCUT2D eigenvalue weighted by Gasteiger charge is 2.16. The van der Waals surface area contributed by atoms with Gasteiger partial charge in [-0.15, -0.1) is 0 Å². The molecule has 0 aliphatic carbocycles. The molecule has 0 atom stereocenters. The molecular weight excluding hydrogens is 144 g/mol. The summed E-state index contributed by atoms with van der Waals surface area (Å²) in [5.74, 6) is 1.47. The zero-order valence-corrected chi connectivity index (χ0v) is 4.99. The predicted molar refractivity (Wildman–Crippen MR) is 27.9 cm³/mol. The van der Waals surface area contributed by atoms with Crippen molar-refractivity contribution < 1.29 is 4.74 Å². The van der Waals surface area contributed by atoms with Crippen LogP contribution < -0.4 is 0 Å². The van der Waals surface area contributed by atoms with Gasteiger partial charge in [0.05, 0.1) is 13.2 Å². The summed E-state index contributed by atoms with van der Waals surface area (Å²) < 4.78 is 4.86. The number of ether oxygens (including phenoxy) is 1. The molecule has 1 nitrogen and oxygen atoms in total. The molecule has 0 saturated carbocycles. The lowest BCUT2D eigenvalue weighted by Crippen LogP contribution is -2.25. The molecule has 0 unspecified atom stereocenters. The second-order valence-corrected chi connectivity index (χ2v) is 1.94. The van der Waals surface area contributed by atoms with Crippen molar-refractivity contribution in [3.05, 3.63) is 5.92 Å². The van der Waals surface area contributed by atoms with Gasteiger partial charge in [-0.05, 0) is 0 Å². The number of hydrogen-bond donors (Lipinski definition) is 0. The van der Waals surface area contributed by atoms with Gasteiger partial charge in [0.25, 0.3) is 0 Å². The Kier molecular flexibility index (Phi) is 1.48. The summed E-state index contributed by atoms with van der Waals surface area (Å²) in [5, 5.41) is 1.02. The van der Waals surface area contributed by atoms with Gasteiger partial charge in [-0.25, -0.2) is 0 Å². The quantitative estimate of drug-likeness (QED) is 0.506. The molecule has 0 aromatic heterocycles. The van der Waals surface area contributed by atoms with E-state index >= 15 is 0 Å². The molecule has 0 N–H and O–H groups in total. The minimum Gasteiger partial charge on any atom is -0.380 e. The average Bonchev–Trinajstić information content (AvgIpc) is 1.31. The molecule has 0 aromatic carbocycles. The van der Waals surface area contributed by atoms with Gasteiger partial charge in [0.2, 0.25) is 0 Å². The van der Waals surface area contributed by atoms with E-state index in [1.807, 2.05) is 0 Å². The molecule has 6 heavy (non-hydrogen) atoms. The molecule has 2 heteroatoms. The summed E-state index contributed by atoms with van der Waals surface area (Å²) in [5.41, 5.74) is 0. The fraction of sp³-hybridized carbons (Fsp3) is 0.750. The summed E-state index contributed by atoms with van der Waals surface area (Å²) in [6.45, 7) is 1.76. The third-order valence-electron chi connectivity index (χ3n) is 0.801. The van der Waals surface area contributed by atoms with Crippen LogP contribution in [0.1, 0.15) is 0 Å². The molecule has 35 valence electrons. The third kappa shape index (κ3) is 0.738. The smallest absolute Gasteiger partial charge is 0.0560 e. The maximum Gasteiger partial charge on any atom is 0.0560 e. The lowest BCUT2D eigenvalue weighted by molar-refractivity contribution is 0.0689. The Bertz CT molecular complexity index is 40.1. The van der Waals surface area contributed by atoms with Gasteiger partial charge in [0, 0.05) is 11.2 Å². The third-order valence-corrected chi connectivity index (χ3v) is 1.59. The van der Waals surface area contributed by atoms with Crippen LogP contribution >= 0.6 is 15.9 Å². The molecule has 1 saturated heterocycles. The first-order valence-corrected chi connectivity index (χ1v) is 3.03. The summed E-state index contributed by atoms with van der Waals surface area (Å²) in [7, 11) is 0. The Hall–Kier alpha value is 0.440. The molecule has 1 rings (SSSR count). The van der Waals surface area contributed by atoms with Crippen molar-refractivity contribution in [2.75, 3.05) is 18.5 Å². The average molecular weight is 150 g/mol. The lowest BCUT2D eigenvalue weighted by atomic mass is 10.2. The second kappa shape index (κ2) is 1.94. The summed E-state index contributed by atoms with van der Waals surface area (Å²) in [6.07, 6.45) is 0. The van der Waals surface area contributed by atoms with Crippen molar-refractivity contribution in [1.29, 1.82) is 0 Å². The van der Waals surface area contributed by atoms with Crippen molar-refractivity contribution in [3.8, 4) is 0 Å². The number of halogens is 1. The first-order valence-electron chi connectivity index (χ1n) is 1.91. The van der Waals surface area contributed by atoms with E-state index in [9.17, 15) is 0 Å². The fourth-order valence-electron chi connectivity index (χ4n) is 0.324. The molecule has 1 fully saturated rings. The maximum atomic E-state index is 4.86. The molecule has 1 heterocycles. The van der Waals surface area contributed by atoms with Crippen molar-refractivity contribution in [3.63, 3.8) is 0 Å². The first-order chi connectivity index (χ1) is 2.93. The van der Waals surface area contributed by atoms with Gasteiger partial charge in [-0.1, -0.05) is 15.9 Å². The number of alkyl halides is 1. The Balaban J connectivity index is 2.01. The van der Waals surface area contributed by atoms with Crippen LogP contribution in [0, 0.1) is 5.92 Å². The van der Waals surface area contributed by atoms with E-state index in [0.29, 0.717) is 0 Å². The van der Waals surface area contributed by atoms with Crippen LogP contribution in [-0.2, 0) is 4.74 Å². The van der Waals surface area contributed by atoms with Gasteiger partial charge in [-0.3, -0.25) is 0 Å². The SMILES string of the molecule is BrC[C]1COC1. The zero-order valence-electron chi connectivity index (χ0n) is 3.41. The van der Waals surface area contributed by atoms with Gasteiger partial charge in [-0.2, -0.15) is 0 Å². The normalized spacial score (nSPS) is 23.5. The molecule has 1 radical (unpaired) electrons. The summed E-state index contributed by atoms with van der Waals surface area (Å²) in [4.78, 5) is 0. The molecule has 0 bridgehead atoms. The minimum absolute atomic E-state index is 0.880. The van der Waals surface area contributed by atoms with Crippen LogP contribution in [0.3, 0.4) is 0 Å². The highest BCUT2D eigenvalue weighted by Crippen LogP contribution is 2.13. The van der Waals surface area contributed by atoms with Crippen molar-refractivity contribution in [2.45, 2.75) is 0 Å². The lowest BCUT2D eigenvalue weighted by Gasteiger charge is -2.22. The first kappa shape index (κ1) is 4.60. The zero-order chi connectivity index (χ0) is 4.41. The molecule has 1 aliphatic rings. The monoisotopic (exact) mass is 149 g/mol. The van der Waals surface area contributed by atoms with E-state index in [0.717, 1.165) is 18.5 Å². The van der Waals surface area contributed by atoms with E-state index in [1.54, 1.807) is 0 Å². The van der Waals surface area contributed by atoms with E-state index in [2.05, 4.69) is 15.9 Å². The van der Waals surface area contributed by atoms with Crippen molar-refractivity contribution in [1.82, 2.24) is 0 Å². The molecular formula is C4H6BrO. The van der Waals surface area contributed by atoms with Gasteiger partial charge in [0.15, 0.2) is 0 Å². The summed E-state index contributed by atoms with van der Waals surface area (Å²) >= 11 is 3.31. The molecule has 0 aromatic rings. The van der Waals surface area contributed by atoms with Crippen LogP contribution in [0.5, 0.6) is 0 Å². The van der Waals surface area contributed by atoms with Crippen molar-refractivity contribution in [2.24, 2.45) is 0 Å². The van der Waals surface area contributed by atoms with E-state index < -0.39 is 0 Å². The highest BCUT2D eigenvalue weighted by molar-refractivity contribution is 9.09. The molecule has 1 aliphatic heterocycles. The van der Waals surface area contributed by atoms with Gasteiger partial charge in [0.1, 0.15) is 0 Å². The molecule has 0 spiro atoms. The second-order valence-electron chi connectivity index (χ2n) is 1.38. The van der Waals surface area contributed by atoms with Gasteiger partial charge >= 0.3 is 0 Å². The van der Waals surface area contributed by atoms with E-state index in [-0.39, 0.29) is 0 Å². The van der Waals surface area contributed by atoms with Gasteiger partial charge < -0.3 is 4.74 Å². The fourth-order valence-corrected chi connectivity index (χ4v) is 0.647. The van der Waals surface area contributed by atoms with Crippen LogP contribution in [0.25, 0.3) is 0 Å². The van der Waals surface area contributed by atoms with E-state index in [1.165, 1.54) is 5.92 Å². The largest absolute Gasteiger partial charge is 0.380 e. The topological polar surface area (TPSA) is 9.23 Å². The Morgan fingerprint density at radius 2 is 2.33 bits per heavy atom. The number of rotatable bonds is 1.